The molecule has 12 heavy (non-hydrogen) atoms. The number of nitrogens with zero attached hydrogens (tertiary/aromatic N) is 2. The molecule has 0 amide bonds. The van der Waals surface area contributed by atoms with Gasteiger partial charge in [0.2, 0.25) is 5.88 Å². The Morgan fingerprint density at radius 3 is 2.67 bits per heavy atom. The Labute approximate surface area is 70.4 Å². The van der Waals surface area contributed by atoms with Crippen molar-refractivity contribution in [1.29, 1.82) is 5.26 Å². The number of nitriles is 1. The summed E-state index contributed by atoms with van der Waals surface area (Å²) in [6.07, 6.45) is 1.41. The van der Waals surface area contributed by atoms with Gasteiger partial charge in [-0.05, 0) is 0 Å². The van der Waals surface area contributed by atoms with Gasteiger partial charge in [0, 0.05) is 6.07 Å². The fourth-order valence-electron chi connectivity index (χ4n) is 0.783. The van der Waals surface area contributed by atoms with Crippen molar-refractivity contribution in [3.8, 4) is 17.7 Å². The van der Waals surface area contributed by atoms with Crippen LogP contribution in [-0.4, -0.2) is 19.2 Å². The minimum Gasteiger partial charge on any atom is -0.495 e. The number of aromatic nitrogens is 1. The molecule has 4 nitrogen and oxygen atoms in total. The predicted molar refractivity (Wildman–Crippen MR) is 42.1 cm³/mol. The van der Waals surface area contributed by atoms with Gasteiger partial charge in [0.1, 0.15) is 17.4 Å². The van der Waals surface area contributed by atoms with E-state index in [9.17, 15) is 0 Å². The summed E-state index contributed by atoms with van der Waals surface area (Å²) in [6.45, 7) is 0. The molecule has 0 aliphatic heterocycles. The largest absolute Gasteiger partial charge is 0.495 e. The quantitative estimate of drug-likeness (QED) is 0.653. The van der Waals surface area contributed by atoms with E-state index >= 15 is 0 Å². The highest BCUT2D eigenvalue weighted by atomic mass is 16.5. The minimum absolute atomic E-state index is 0.401. The fourth-order valence-corrected chi connectivity index (χ4v) is 0.783. The van der Waals surface area contributed by atoms with Crippen LogP contribution in [0.25, 0.3) is 0 Å². The normalized spacial score (nSPS) is 8.75. The molecule has 62 valence electrons. The molecule has 0 aromatic carbocycles. The summed E-state index contributed by atoms with van der Waals surface area (Å²) in [5.74, 6) is 0.912. The van der Waals surface area contributed by atoms with Crippen LogP contribution in [-0.2, 0) is 0 Å². The average Bonchev–Trinajstić information content (AvgIpc) is 2.16. The molecule has 4 heteroatoms. The van der Waals surface area contributed by atoms with Gasteiger partial charge in [-0.3, -0.25) is 0 Å². The zero-order chi connectivity index (χ0) is 8.97. The third kappa shape index (κ3) is 1.45. The molecule has 1 aromatic heterocycles. The molecule has 0 bridgehead atoms. The summed E-state index contributed by atoms with van der Waals surface area (Å²) < 4.78 is 9.79. The Hall–Kier alpha value is -1.76. The van der Waals surface area contributed by atoms with Gasteiger partial charge in [-0.25, -0.2) is 4.98 Å². The van der Waals surface area contributed by atoms with Crippen molar-refractivity contribution in [3.05, 3.63) is 17.8 Å². The van der Waals surface area contributed by atoms with Crippen LogP contribution in [0.5, 0.6) is 11.6 Å². The second kappa shape index (κ2) is 3.58. The van der Waals surface area contributed by atoms with E-state index in [4.69, 9.17) is 14.7 Å². The van der Waals surface area contributed by atoms with Crippen LogP contribution >= 0.6 is 0 Å². The van der Waals surface area contributed by atoms with Crippen LogP contribution in [0.15, 0.2) is 12.3 Å². The second-order valence-electron chi connectivity index (χ2n) is 2.04. The molecule has 0 N–H and O–H groups in total. The van der Waals surface area contributed by atoms with E-state index in [-0.39, 0.29) is 0 Å². The highest BCUT2D eigenvalue weighted by Gasteiger charge is 2.03. The lowest BCUT2D eigenvalue weighted by molar-refractivity contribution is 0.381. The molecule has 0 aliphatic carbocycles. The van der Waals surface area contributed by atoms with Crippen molar-refractivity contribution in [3.63, 3.8) is 0 Å². The lowest BCUT2D eigenvalue weighted by atomic mass is 10.3. The smallest absolute Gasteiger partial charge is 0.216 e. The predicted octanol–water partition coefficient (Wildman–Crippen LogP) is 0.970. The Kier molecular flexibility index (Phi) is 2.49. The summed E-state index contributed by atoms with van der Waals surface area (Å²) >= 11 is 0. The summed E-state index contributed by atoms with van der Waals surface area (Å²) in [6, 6.07) is 3.52. The van der Waals surface area contributed by atoms with E-state index in [1.807, 2.05) is 6.07 Å². The van der Waals surface area contributed by atoms with Gasteiger partial charge in [-0.15, -0.1) is 0 Å². The van der Waals surface area contributed by atoms with Crippen molar-refractivity contribution in [1.82, 2.24) is 4.98 Å². The van der Waals surface area contributed by atoms with Crippen molar-refractivity contribution in [2.45, 2.75) is 0 Å². The molecule has 0 saturated heterocycles. The van der Waals surface area contributed by atoms with E-state index in [2.05, 4.69) is 4.98 Å². The first kappa shape index (κ1) is 8.34. The molecule has 1 rings (SSSR count). The molecule has 0 atom stereocenters. The molecular weight excluding hydrogens is 156 g/mol. The van der Waals surface area contributed by atoms with Gasteiger partial charge >= 0.3 is 0 Å². The van der Waals surface area contributed by atoms with Crippen LogP contribution < -0.4 is 9.47 Å². The van der Waals surface area contributed by atoms with Gasteiger partial charge in [0.15, 0.2) is 0 Å². The number of hydrogen-bond donors (Lipinski definition) is 0. The first-order valence-electron chi connectivity index (χ1n) is 3.30. The highest BCUT2D eigenvalue weighted by Crippen LogP contribution is 2.20. The summed E-state index contributed by atoms with van der Waals surface area (Å²) in [4.78, 5) is 3.85. The third-order valence-corrected chi connectivity index (χ3v) is 1.39. The first-order chi connectivity index (χ1) is 5.81. The molecule has 0 aliphatic rings. The average molecular weight is 164 g/mol. The third-order valence-electron chi connectivity index (χ3n) is 1.39. The molecular formula is C8H8N2O2. The summed E-state index contributed by atoms with van der Waals surface area (Å²) in [5.41, 5.74) is 0.401. The fraction of sp³-hybridized carbons (Fsp3) is 0.250. The van der Waals surface area contributed by atoms with E-state index < -0.39 is 0 Å². The minimum atomic E-state index is 0.401. The van der Waals surface area contributed by atoms with Crippen LogP contribution in [0.3, 0.4) is 0 Å². The van der Waals surface area contributed by atoms with Gasteiger partial charge < -0.3 is 9.47 Å². The second-order valence-corrected chi connectivity index (χ2v) is 2.04. The highest BCUT2D eigenvalue weighted by molar-refractivity contribution is 5.43. The van der Waals surface area contributed by atoms with Gasteiger partial charge in [0.25, 0.3) is 0 Å². The van der Waals surface area contributed by atoms with Gasteiger partial charge in [0.05, 0.1) is 20.4 Å². The van der Waals surface area contributed by atoms with Crippen molar-refractivity contribution in [2.24, 2.45) is 0 Å². The maximum absolute atomic E-state index is 8.60. The summed E-state index contributed by atoms with van der Waals surface area (Å²) in [7, 11) is 3.00. The molecule has 0 radical (unpaired) electrons. The molecule has 0 unspecified atom stereocenters. The molecule has 0 fully saturated rings. The van der Waals surface area contributed by atoms with E-state index in [0.717, 1.165) is 0 Å². The number of rotatable bonds is 2. The molecule has 1 aromatic rings. The maximum Gasteiger partial charge on any atom is 0.216 e. The maximum atomic E-state index is 8.60. The topological polar surface area (TPSA) is 55.1 Å². The zero-order valence-electron chi connectivity index (χ0n) is 6.87. The molecule has 1 heterocycles. The number of pyridine rings is 1. The van der Waals surface area contributed by atoms with E-state index in [0.29, 0.717) is 17.2 Å². The molecule has 0 spiro atoms. The number of ether oxygens (including phenoxy) is 2. The van der Waals surface area contributed by atoms with Crippen LogP contribution in [0.4, 0.5) is 0 Å². The monoisotopic (exact) mass is 164 g/mol. The standard InChI is InChI=1S/C8H8N2O2/c1-11-7-3-8(12-2)10-5-6(7)4-9/h3,5H,1-2H3. The van der Waals surface area contributed by atoms with Crippen molar-refractivity contribution >= 4 is 0 Å². The first-order valence-corrected chi connectivity index (χ1v) is 3.30. The van der Waals surface area contributed by atoms with E-state index in [1.165, 1.54) is 20.4 Å². The van der Waals surface area contributed by atoms with Crippen molar-refractivity contribution in [2.75, 3.05) is 14.2 Å². The van der Waals surface area contributed by atoms with Gasteiger partial charge in [-0.2, -0.15) is 5.26 Å². The Morgan fingerprint density at radius 2 is 2.17 bits per heavy atom. The SMILES string of the molecule is COc1cc(OC)c(C#N)cn1. The van der Waals surface area contributed by atoms with E-state index in [1.54, 1.807) is 6.07 Å². The Balaban J connectivity index is 3.13. The Morgan fingerprint density at radius 1 is 1.42 bits per heavy atom. The Bertz CT molecular complexity index is 317. The van der Waals surface area contributed by atoms with Crippen molar-refractivity contribution < 1.29 is 9.47 Å². The van der Waals surface area contributed by atoms with Crippen LogP contribution in [0.1, 0.15) is 5.56 Å². The number of hydrogen-bond acceptors (Lipinski definition) is 4. The lowest BCUT2D eigenvalue weighted by Crippen LogP contribution is -1.92. The number of methoxy groups -OCH3 is 2. The van der Waals surface area contributed by atoms with Gasteiger partial charge in [-0.1, -0.05) is 0 Å². The molecule has 0 saturated carbocycles. The lowest BCUT2D eigenvalue weighted by Gasteiger charge is -2.03. The van der Waals surface area contributed by atoms with Crippen LogP contribution in [0.2, 0.25) is 0 Å². The van der Waals surface area contributed by atoms with Crippen LogP contribution in [0, 0.1) is 11.3 Å². The zero-order valence-corrected chi connectivity index (χ0v) is 6.87. The summed E-state index contributed by atoms with van der Waals surface area (Å²) in [5, 5.41) is 8.60.